The van der Waals surface area contributed by atoms with E-state index in [-0.39, 0.29) is 0 Å². The summed E-state index contributed by atoms with van der Waals surface area (Å²) in [6.45, 7) is 3.51. The Bertz CT molecular complexity index is 920. The number of piperazine rings is 1. The Kier molecular flexibility index (Phi) is 4.48. The van der Waals surface area contributed by atoms with E-state index in [1.165, 1.54) is 12.8 Å². The first-order valence-corrected chi connectivity index (χ1v) is 9.83. The summed E-state index contributed by atoms with van der Waals surface area (Å²) in [7, 11) is 0. The molecule has 142 valence electrons. The van der Waals surface area contributed by atoms with Crippen molar-refractivity contribution >= 4 is 17.6 Å². The lowest BCUT2D eigenvalue weighted by atomic mass is 10.2. The fraction of sp³-hybridized carbons (Fsp3) is 0.333. The van der Waals surface area contributed by atoms with Gasteiger partial charge in [-0.05, 0) is 18.9 Å². The first kappa shape index (κ1) is 16.9. The second-order valence-corrected chi connectivity index (χ2v) is 7.24. The van der Waals surface area contributed by atoms with Crippen molar-refractivity contribution in [2.75, 3.05) is 41.3 Å². The molecular weight excluding hydrogens is 350 g/mol. The number of aromatic nitrogens is 4. The van der Waals surface area contributed by atoms with E-state index < -0.39 is 0 Å². The predicted octanol–water partition coefficient (Wildman–Crippen LogP) is 2.83. The van der Waals surface area contributed by atoms with Gasteiger partial charge in [-0.2, -0.15) is 0 Å². The zero-order valence-electron chi connectivity index (χ0n) is 15.7. The molecule has 0 bridgehead atoms. The van der Waals surface area contributed by atoms with Gasteiger partial charge in [0.25, 0.3) is 0 Å². The van der Waals surface area contributed by atoms with Crippen LogP contribution in [0.15, 0.2) is 54.9 Å². The van der Waals surface area contributed by atoms with Crippen LogP contribution in [-0.4, -0.2) is 52.2 Å². The number of hydrogen-bond acceptors (Lipinski definition) is 7. The normalized spacial score (nSPS) is 16.9. The van der Waals surface area contributed by atoms with Gasteiger partial charge in [-0.15, -0.1) is 0 Å². The van der Waals surface area contributed by atoms with Crippen LogP contribution in [0.2, 0.25) is 0 Å². The molecular formula is C21H23N7. The lowest BCUT2D eigenvalue weighted by Gasteiger charge is -2.35. The molecule has 2 aliphatic rings. The largest absolute Gasteiger partial charge is 0.367 e. The van der Waals surface area contributed by atoms with Crippen LogP contribution >= 0.6 is 0 Å². The second kappa shape index (κ2) is 7.42. The van der Waals surface area contributed by atoms with Crippen molar-refractivity contribution in [2.45, 2.75) is 18.9 Å². The zero-order valence-corrected chi connectivity index (χ0v) is 15.7. The third-order valence-corrected chi connectivity index (χ3v) is 5.11. The molecule has 7 heteroatoms. The molecule has 2 aromatic heterocycles. The van der Waals surface area contributed by atoms with Crippen LogP contribution in [0, 0.1) is 0 Å². The fourth-order valence-electron chi connectivity index (χ4n) is 3.41. The van der Waals surface area contributed by atoms with Gasteiger partial charge in [0.1, 0.15) is 11.6 Å². The molecule has 0 atom stereocenters. The highest BCUT2D eigenvalue weighted by Gasteiger charge is 2.24. The van der Waals surface area contributed by atoms with Gasteiger partial charge in [-0.25, -0.2) is 19.9 Å². The minimum absolute atomic E-state index is 0.554. The maximum atomic E-state index is 4.88. The Balaban J connectivity index is 1.38. The first-order chi connectivity index (χ1) is 13.8. The van der Waals surface area contributed by atoms with Crippen LogP contribution in [-0.2, 0) is 0 Å². The predicted molar refractivity (Wildman–Crippen MR) is 111 cm³/mol. The van der Waals surface area contributed by atoms with E-state index in [1.54, 1.807) is 12.4 Å². The summed E-state index contributed by atoms with van der Waals surface area (Å²) >= 11 is 0. The number of anilines is 3. The van der Waals surface area contributed by atoms with E-state index in [9.17, 15) is 0 Å². The number of nitrogens with zero attached hydrogens (tertiary/aromatic N) is 6. The molecule has 3 aromatic rings. The first-order valence-electron chi connectivity index (χ1n) is 9.83. The van der Waals surface area contributed by atoms with Crippen LogP contribution in [0.4, 0.5) is 17.6 Å². The van der Waals surface area contributed by atoms with Gasteiger partial charge in [0.2, 0.25) is 5.95 Å². The van der Waals surface area contributed by atoms with Gasteiger partial charge >= 0.3 is 0 Å². The molecule has 1 N–H and O–H groups in total. The Morgan fingerprint density at radius 3 is 2.25 bits per heavy atom. The maximum absolute atomic E-state index is 4.88. The summed E-state index contributed by atoms with van der Waals surface area (Å²) < 4.78 is 0. The Morgan fingerprint density at radius 2 is 1.54 bits per heavy atom. The molecule has 2 fully saturated rings. The molecule has 1 saturated carbocycles. The van der Waals surface area contributed by atoms with E-state index in [0.717, 1.165) is 55.2 Å². The summed E-state index contributed by atoms with van der Waals surface area (Å²) in [6, 6.07) is 14.7. The van der Waals surface area contributed by atoms with Gasteiger partial charge in [-0.3, -0.25) is 0 Å². The van der Waals surface area contributed by atoms with Crippen LogP contribution in [0.3, 0.4) is 0 Å². The SMILES string of the molecule is c1ccc(-c2nc(NC3CC3)cc(N3CCN(c4ncccn4)CC3)n2)cc1. The highest BCUT2D eigenvalue weighted by molar-refractivity contribution is 5.62. The van der Waals surface area contributed by atoms with Crippen molar-refractivity contribution in [3.05, 3.63) is 54.9 Å². The third-order valence-electron chi connectivity index (χ3n) is 5.11. The standard InChI is InChI=1S/C21H23N7/c1-2-5-16(6-3-1)20-25-18(24-17-7-8-17)15-19(26-20)27-11-13-28(14-12-27)21-22-9-4-10-23-21/h1-6,9-10,15,17H,7-8,11-14H2,(H,24,25,26). The summed E-state index contributed by atoms with van der Waals surface area (Å²) in [5, 5.41) is 3.53. The summed E-state index contributed by atoms with van der Waals surface area (Å²) in [5.41, 5.74) is 1.04. The quantitative estimate of drug-likeness (QED) is 0.737. The number of benzene rings is 1. The molecule has 0 radical (unpaired) electrons. The molecule has 7 nitrogen and oxygen atoms in total. The lowest BCUT2D eigenvalue weighted by Crippen LogP contribution is -2.47. The topological polar surface area (TPSA) is 70.1 Å². The van der Waals surface area contributed by atoms with Gasteiger partial charge in [0.15, 0.2) is 5.82 Å². The van der Waals surface area contributed by atoms with Crippen LogP contribution < -0.4 is 15.1 Å². The summed E-state index contributed by atoms with van der Waals surface area (Å²) in [6.07, 6.45) is 6.02. The molecule has 0 unspecified atom stereocenters. The van der Waals surface area contributed by atoms with Crippen molar-refractivity contribution < 1.29 is 0 Å². The number of nitrogens with one attached hydrogen (secondary N) is 1. The van der Waals surface area contributed by atoms with Crippen molar-refractivity contribution in [2.24, 2.45) is 0 Å². The molecule has 0 amide bonds. The third kappa shape index (κ3) is 3.74. The Labute approximate surface area is 164 Å². The molecule has 5 rings (SSSR count). The monoisotopic (exact) mass is 373 g/mol. The van der Waals surface area contributed by atoms with Gasteiger partial charge in [-0.1, -0.05) is 30.3 Å². The molecule has 1 aliphatic carbocycles. The highest BCUT2D eigenvalue weighted by Crippen LogP contribution is 2.28. The second-order valence-electron chi connectivity index (χ2n) is 7.24. The van der Waals surface area contributed by atoms with E-state index in [4.69, 9.17) is 9.97 Å². The average Bonchev–Trinajstić information content (AvgIpc) is 3.59. The minimum Gasteiger partial charge on any atom is -0.367 e. The summed E-state index contributed by atoms with van der Waals surface area (Å²) in [4.78, 5) is 22.9. The molecule has 1 saturated heterocycles. The molecule has 1 aliphatic heterocycles. The Morgan fingerprint density at radius 1 is 0.821 bits per heavy atom. The molecule has 1 aromatic carbocycles. The molecule has 3 heterocycles. The highest BCUT2D eigenvalue weighted by atomic mass is 15.3. The van der Waals surface area contributed by atoms with Crippen LogP contribution in [0.1, 0.15) is 12.8 Å². The fourth-order valence-corrected chi connectivity index (χ4v) is 3.41. The van der Waals surface area contributed by atoms with Crippen LogP contribution in [0.5, 0.6) is 0 Å². The van der Waals surface area contributed by atoms with Crippen LogP contribution in [0.25, 0.3) is 11.4 Å². The van der Waals surface area contributed by atoms with E-state index in [2.05, 4.69) is 43.3 Å². The van der Waals surface area contributed by atoms with Crippen molar-refractivity contribution in [3.8, 4) is 11.4 Å². The molecule has 0 spiro atoms. The van der Waals surface area contributed by atoms with Gasteiger partial charge in [0.05, 0.1) is 0 Å². The minimum atomic E-state index is 0.554. The average molecular weight is 373 g/mol. The van der Waals surface area contributed by atoms with Crippen molar-refractivity contribution in [1.82, 2.24) is 19.9 Å². The molecule has 28 heavy (non-hydrogen) atoms. The van der Waals surface area contributed by atoms with E-state index in [1.807, 2.05) is 24.3 Å². The summed E-state index contributed by atoms with van der Waals surface area (Å²) in [5.74, 6) is 3.46. The van der Waals surface area contributed by atoms with E-state index >= 15 is 0 Å². The number of hydrogen-bond donors (Lipinski definition) is 1. The van der Waals surface area contributed by atoms with Crippen molar-refractivity contribution in [1.29, 1.82) is 0 Å². The maximum Gasteiger partial charge on any atom is 0.225 e. The van der Waals surface area contributed by atoms with Gasteiger partial charge in [0, 0.05) is 56.2 Å². The lowest BCUT2D eigenvalue weighted by molar-refractivity contribution is 0.634. The zero-order chi connectivity index (χ0) is 18.8. The van der Waals surface area contributed by atoms with Crippen molar-refractivity contribution in [3.63, 3.8) is 0 Å². The number of rotatable bonds is 5. The van der Waals surface area contributed by atoms with E-state index in [0.29, 0.717) is 6.04 Å². The Hall–Kier alpha value is -3.22. The van der Waals surface area contributed by atoms with Gasteiger partial charge < -0.3 is 15.1 Å². The smallest absolute Gasteiger partial charge is 0.225 e.